The maximum Gasteiger partial charge on any atom is 0.306 e. The molecule has 10 heteroatoms. The number of aromatic nitrogens is 1. The summed E-state index contributed by atoms with van der Waals surface area (Å²) in [4.78, 5) is 30.9. The molecule has 9 nitrogen and oxygen atoms in total. The number of benzene rings is 2. The Kier molecular flexibility index (Phi) is 7.62. The van der Waals surface area contributed by atoms with E-state index in [2.05, 4.69) is 4.98 Å². The van der Waals surface area contributed by atoms with Crippen LogP contribution in [0.2, 0.25) is 0 Å². The summed E-state index contributed by atoms with van der Waals surface area (Å²) in [7, 11) is -3.58. The fourth-order valence-electron chi connectivity index (χ4n) is 3.77. The molecule has 0 saturated carbocycles. The molecular formula is C25H27N3O6S. The highest BCUT2D eigenvalue weighted by Gasteiger charge is 2.30. The number of ether oxygens (including phenoxy) is 1. The van der Waals surface area contributed by atoms with Crippen LogP contribution in [0.3, 0.4) is 0 Å². The molecule has 0 atom stereocenters. The van der Waals surface area contributed by atoms with Crippen molar-refractivity contribution in [1.82, 2.24) is 14.2 Å². The van der Waals surface area contributed by atoms with Crippen LogP contribution in [0.5, 0.6) is 0 Å². The minimum absolute atomic E-state index is 0.00265. The van der Waals surface area contributed by atoms with Gasteiger partial charge in [0.2, 0.25) is 21.8 Å². The van der Waals surface area contributed by atoms with Gasteiger partial charge in [0.05, 0.1) is 11.3 Å². The lowest BCUT2D eigenvalue weighted by molar-refractivity contribution is -0.147. The minimum Gasteiger partial charge on any atom is -0.459 e. The van der Waals surface area contributed by atoms with Gasteiger partial charge in [-0.25, -0.2) is 13.4 Å². The van der Waals surface area contributed by atoms with Crippen molar-refractivity contribution in [2.75, 3.05) is 26.2 Å². The third-order valence-electron chi connectivity index (χ3n) is 5.80. The summed E-state index contributed by atoms with van der Waals surface area (Å²) >= 11 is 0. The Bertz CT molecular complexity index is 1270. The van der Waals surface area contributed by atoms with Gasteiger partial charge in [0.25, 0.3) is 0 Å². The third kappa shape index (κ3) is 5.95. The molecule has 0 spiro atoms. The predicted molar refractivity (Wildman–Crippen MR) is 127 cm³/mol. The van der Waals surface area contributed by atoms with Gasteiger partial charge in [-0.3, -0.25) is 9.59 Å². The third-order valence-corrected chi connectivity index (χ3v) is 7.71. The van der Waals surface area contributed by atoms with E-state index < -0.39 is 16.0 Å². The number of esters is 1. The standard InChI is InChI=1S/C25H27N3O6S/c1-19-22(26-25(34-19)20-8-4-2-5-9-20)18-33-24(30)13-12-23(29)27-14-16-28(17-15-27)35(31,32)21-10-6-3-7-11-21/h2-11H,12-18H2,1H3. The number of piperazine rings is 1. The van der Waals surface area contributed by atoms with E-state index in [0.717, 1.165) is 5.56 Å². The smallest absolute Gasteiger partial charge is 0.306 e. The Morgan fingerprint density at radius 3 is 2.23 bits per heavy atom. The van der Waals surface area contributed by atoms with Gasteiger partial charge in [-0.15, -0.1) is 0 Å². The Hall–Kier alpha value is -3.50. The van der Waals surface area contributed by atoms with Gasteiger partial charge in [0, 0.05) is 38.2 Å². The first-order valence-corrected chi connectivity index (χ1v) is 12.8. The molecule has 1 saturated heterocycles. The highest BCUT2D eigenvalue weighted by Crippen LogP contribution is 2.22. The van der Waals surface area contributed by atoms with E-state index in [1.165, 1.54) is 4.31 Å². The van der Waals surface area contributed by atoms with Crippen molar-refractivity contribution in [3.63, 3.8) is 0 Å². The summed E-state index contributed by atoms with van der Waals surface area (Å²) in [6, 6.07) is 17.7. The number of carbonyl (C=O) groups is 2. The molecule has 4 rings (SSSR count). The van der Waals surface area contributed by atoms with Crippen LogP contribution in [0.4, 0.5) is 0 Å². The Balaban J connectivity index is 1.22. The largest absolute Gasteiger partial charge is 0.459 e. The van der Waals surface area contributed by atoms with E-state index in [0.29, 0.717) is 17.3 Å². The molecule has 1 aliphatic heterocycles. The Morgan fingerprint density at radius 1 is 0.943 bits per heavy atom. The maximum absolute atomic E-state index is 12.7. The normalized spacial score (nSPS) is 14.6. The molecule has 0 N–H and O–H groups in total. The zero-order valence-corrected chi connectivity index (χ0v) is 20.2. The van der Waals surface area contributed by atoms with Crippen LogP contribution < -0.4 is 0 Å². The summed E-state index contributed by atoms with van der Waals surface area (Å²) in [6.45, 7) is 2.70. The number of carbonyl (C=O) groups excluding carboxylic acids is 2. The lowest BCUT2D eigenvalue weighted by atomic mass is 10.2. The molecule has 0 aliphatic carbocycles. The number of aryl methyl sites for hydroxylation is 1. The topological polar surface area (TPSA) is 110 Å². The van der Waals surface area contributed by atoms with E-state index >= 15 is 0 Å². The van der Waals surface area contributed by atoms with Gasteiger partial charge in [-0.2, -0.15) is 4.31 Å². The summed E-state index contributed by atoms with van der Waals surface area (Å²) in [5, 5.41) is 0. The number of hydrogen-bond acceptors (Lipinski definition) is 7. The average molecular weight is 498 g/mol. The van der Waals surface area contributed by atoms with E-state index in [-0.39, 0.29) is 56.4 Å². The van der Waals surface area contributed by atoms with Gasteiger partial charge in [0.15, 0.2) is 0 Å². The first-order chi connectivity index (χ1) is 16.8. The lowest BCUT2D eigenvalue weighted by Gasteiger charge is -2.34. The van der Waals surface area contributed by atoms with Crippen LogP contribution >= 0.6 is 0 Å². The zero-order chi connectivity index (χ0) is 24.8. The molecule has 2 aromatic carbocycles. The molecule has 1 fully saturated rings. The highest BCUT2D eigenvalue weighted by atomic mass is 32.2. The van der Waals surface area contributed by atoms with Crippen molar-refractivity contribution in [2.24, 2.45) is 0 Å². The molecule has 1 aliphatic rings. The molecule has 184 valence electrons. The fourth-order valence-corrected chi connectivity index (χ4v) is 5.22. The second kappa shape index (κ2) is 10.8. The molecule has 1 aromatic heterocycles. The second-order valence-corrected chi connectivity index (χ2v) is 10.1. The van der Waals surface area contributed by atoms with Crippen LogP contribution in [0.1, 0.15) is 24.3 Å². The van der Waals surface area contributed by atoms with Crippen LogP contribution in [-0.4, -0.2) is 60.7 Å². The van der Waals surface area contributed by atoms with E-state index in [4.69, 9.17) is 9.15 Å². The van der Waals surface area contributed by atoms with Crippen LogP contribution in [0.15, 0.2) is 70.0 Å². The van der Waals surface area contributed by atoms with E-state index in [9.17, 15) is 18.0 Å². The van der Waals surface area contributed by atoms with Crippen molar-refractivity contribution >= 4 is 21.9 Å². The summed E-state index contributed by atoms with van der Waals surface area (Å²) < 4.78 is 37.8. The maximum atomic E-state index is 12.7. The molecule has 2 heterocycles. The van der Waals surface area contributed by atoms with Crippen molar-refractivity contribution in [3.05, 3.63) is 72.1 Å². The Labute approximate surface area is 204 Å². The van der Waals surface area contributed by atoms with Gasteiger partial charge in [-0.05, 0) is 31.2 Å². The van der Waals surface area contributed by atoms with Crippen molar-refractivity contribution in [3.8, 4) is 11.5 Å². The number of sulfonamides is 1. The fraction of sp³-hybridized carbons (Fsp3) is 0.320. The quantitative estimate of drug-likeness (QED) is 0.440. The molecule has 0 unspecified atom stereocenters. The van der Waals surface area contributed by atoms with Crippen LogP contribution in [0, 0.1) is 6.92 Å². The van der Waals surface area contributed by atoms with Gasteiger partial charge in [0.1, 0.15) is 18.1 Å². The minimum atomic E-state index is -3.58. The predicted octanol–water partition coefficient (Wildman–Crippen LogP) is 3.01. The first kappa shape index (κ1) is 24.6. The number of rotatable bonds is 8. The summed E-state index contributed by atoms with van der Waals surface area (Å²) in [5.74, 6) is 0.309. The van der Waals surface area contributed by atoms with Crippen molar-refractivity contribution < 1.29 is 27.2 Å². The molecule has 1 amide bonds. The first-order valence-electron chi connectivity index (χ1n) is 11.3. The number of oxazole rings is 1. The number of nitrogens with zero attached hydrogens (tertiary/aromatic N) is 3. The number of hydrogen-bond donors (Lipinski definition) is 0. The second-order valence-electron chi connectivity index (χ2n) is 8.15. The average Bonchev–Trinajstić information content (AvgIpc) is 3.27. The molecule has 0 bridgehead atoms. The summed E-state index contributed by atoms with van der Waals surface area (Å²) in [6.07, 6.45) is -0.0683. The molecule has 0 radical (unpaired) electrons. The SMILES string of the molecule is Cc1oc(-c2ccccc2)nc1COC(=O)CCC(=O)N1CCN(S(=O)(=O)c2ccccc2)CC1. The van der Waals surface area contributed by atoms with E-state index in [1.807, 2.05) is 30.3 Å². The molecule has 3 aromatic rings. The van der Waals surface area contributed by atoms with E-state index in [1.54, 1.807) is 42.2 Å². The summed E-state index contributed by atoms with van der Waals surface area (Å²) in [5.41, 5.74) is 1.36. The van der Waals surface area contributed by atoms with Crippen LogP contribution in [-0.2, 0) is 31.0 Å². The Morgan fingerprint density at radius 2 is 1.57 bits per heavy atom. The van der Waals surface area contributed by atoms with Gasteiger partial charge < -0.3 is 14.1 Å². The lowest BCUT2D eigenvalue weighted by Crippen LogP contribution is -2.50. The molecule has 35 heavy (non-hydrogen) atoms. The van der Waals surface area contributed by atoms with Gasteiger partial charge in [-0.1, -0.05) is 36.4 Å². The molecular weight excluding hydrogens is 470 g/mol. The zero-order valence-electron chi connectivity index (χ0n) is 19.4. The van der Waals surface area contributed by atoms with Crippen molar-refractivity contribution in [2.45, 2.75) is 31.3 Å². The monoisotopic (exact) mass is 497 g/mol. The highest BCUT2D eigenvalue weighted by molar-refractivity contribution is 7.89. The van der Waals surface area contributed by atoms with Crippen molar-refractivity contribution in [1.29, 1.82) is 0 Å². The van der Waals surface area contributed by atoms with Crippen LogP contribution in [0.25, 0.3) is 11.5 Å². The number of amides is 1. The van der Waals surface area contributed by atoms with Gasteiger partial charge >= 0.3 is 5.97 Å².